The Morgan fingerprint density at radius 2 is 2.21 bits per heavy atom. The molecule has 0 amide bonds. The summed E-state index contributed by atoms with van der Waals surface area (Å²) in [4.78, 5) is 8.03. The van der Waals surface area contributed by atoms with Crippen LogP contribution in [0.15, 0.2) is 41.8 Å². The Balaban J connectivity index is 2.15. The van der Waals surface area contributed by atoms with Crippen LogP contribution >= 0.6 is 0 Å². The van der Waals surface area contributed by atoms with Crippen LogP contribution in [0.1, 0.15) is 18.2 Å². The van der Waals surface area contributed by atoms with Gasteiger partial charge in [0, 0.05) is 0 Å². The normalized spacial score (nSPS) is 11.3. The van der Waals surface area contributed by atoms with Gasteiger partial charge >= 0.3 is 0 Å². The number of oxime groups is 1. The van der Waals surface area contributed by atoms with Gasteiger partial charge in [-0.2, -0.15) is 0 Å². The average molecular weight is 258 g/mol. The van der Waals surface area contributed by atoms with E-state index in [2.05, 4.69) is 22.0 Å². The number of aryl methyl sites for hydroxylation is 1. The summed E-state index contributed by atoms with van der Waals surface area (Å²) in [6.07, 6.45) is 3.74. The second-order valence-electron chi connectivity index (χ2n) is 3.83. The number of ether oxygens (including phenoxy) is 1. The maximum atomic E-state index is 8.51. The van der Waals surface area contributed by atoms with Crippen molar-refractivity contribution in [2.45, 2.75) is 13.3 Å². The predicted octanol–water partition coefficient (Wildman–Crippen LogP) is 1.93. The van der Waals surface area contributed by atoms with Crippen molar-refractivity contribution >= 4 is 5.84 Å². The van der Waals surface area contributed by atoms with Gasteiger partial charge in [-0.3, -0.25) is 0 Å². The molecule has 98 valence electrons. The van der Waals surface area contributed by atoms with E-state index in [0.29, 0.717) is 11.6 Å². The third kappa shape index (κ3) is 3.19. The Morgan fingerprint density at radius 3 is 2.84 bits per heavy atom. The lowest BCUT2D eigenvalue weighted by molar-refractivity contribution is 0.318. The van der Waals surface area contributed by atoms with E-state index in [1.807, 2.05) is 24.3 Å². The molecule has 1 aromatic carbocycles. The summed E-state index contributed by atoms with van der Waals surface area (Å²) in [7, 11) is 0. The van der Waals surface area contributed by atoms with Crippen molar-refractivity contribution < 1.29 is 9.94 Å². The highest BCUT2D eigenvalue weighted by molar-refractivity contribution is 5.94. The number of amidine groups is 1. The molecule has 0 saturated heterocycles. The largest absolute Gasteiger partial charge is 0.437 e. The van der Waals surface area contributed by atoms with Crippen molar-refractivity contribution in [1.82, 2.24) is 9.97 Å². The number of rotatable bonds is 4. The van der Waals surface area contributed by atoms with E-state index in [1.54, 1.807) is 0 Å². The van der Waals surface area contributed by atoms with E-state index < -0.39 is 0 Å². The summed E-state index contributed by atoms with van der Waals surface area (Å²) in [5, 5.41) is 11.4. The van der Waals surface area contributed by atoms with Crippen LogP contribution in [0.5, 0.6) is 11.6 Å². The van der Waals surface area contributed by atoms with Crippen LogP contribution in [0.2, 0.25) is 0 Å². The number of nitrogens with two attached hydrogens (primary N) is 1. The van der Waals surface area contributed by atoms with Crippen LogP contribution in [0, 0.1) is 0 Å². The molecular weight excluding hydrogens is 244 g/mol. The van der Waals surface area contributed by atoms with Crippen LogP contribution in [0.4, 0.5) is 0 Å². The molecule has 2 rings (SSSR count). The first-order valence-electron chi connectivity index (χ1n) is 5.79. The van der Waals surface area contributed by atoms with E-state index in [9.17, 15) is 0 Å². The van der Waals surface area contributed by atoms with Crippen molar-refractivity contribution in [2.24, 2.45) is 10.9 Å². The van der Waals surface area contributed by atoms with Gasteiger partial charge in [-0.15, -0.1) is 0 Å². The fraction of sp³-hybridized carbons (Fsp3) is 0.154. The minimum Gasteiger partial charge on any atom is -0.437 e. The lowest BCUT2D eigenvalue weighted by atomic mass is 10.2. The summed E-state index contributed by atoms with van der Waals surface area (Å²) >= 11 is 0. The summed E-state index contributed by atoms with van der Waals surface area (Å²) < 4.78 is 5.57. The smallest absolute Gasteiger partial charge is 0.237 e. The first-order chi connectivity index (χ1) is 9.22. The van der Waals surface area contributed by atoms with Crippen molar-refractivity contribution in [3.05, 3.63) is 47.9 Å². The molecule has 6 heteroatoms. The van der Waals surface area contributed by atoms with Crippen LogP contribution < -0.4 is 10.5 Å². The zero-order valence-corrected chi connectivity index (χ0v) is 10.4. The molecule has 0 spiro atoms. The molecule has 0 aliphatic heterocycles. The molecular formula is C13H14N4O2. The number of hydrogen-bond acceptors (Lipinski definition) is 5. The minimum atomic E-state index is -0.0907. The second kappa shape index (κ2) is 5.81. The highest BCUT2D eigenvalue weighted by Gasteiger charge is 2.04. The summed E-state index contributed by atoms with van der Waals surface area (Å²) in [5.41, 5.74) is 6.86. The number of hydrogen-bond donors (Lipinski definition) is 2. The van der Waals surface area contributed by atoms with E-state index in [4.69, 9.17) is 15.7 Å². The number of aromatic nitrogens is 2. The highest BCUT2D eigenvalue weighted by atomic mass is 16.5. The van der Waals surface area contributed by atoms with Crippen LogP contribution in [-0.4, -0.2) is 21.0 Å². The molecule has 1 aromatic heterocycles. The lowest BCUT2D eigenvalue weighted by Crippen LogP contribution is -2.15. The van der Waals surface area contributed by atoms with Gasteiger partial charge < -0.3 is 15.7 Å². The van der Waals surface area contributed by atoms with Gasteiger partial charge in [-0.05, 0) is 24.1 Å². The van der Waals surface area contributed by atoms with Crippen LogP contribution in [0.3, 0.4) is 0 Å². The molecule has 0 unspecified atom stereocenters. The predicted molar refractivity (Wildman–Crippen MR) is 70.4 cm³/mol. The third-order valence-electron chi connectivity index (χ3n) is 2.53. The molecule has 0 saturated carbocycles. The monoisotopic (exact) mass is 258 g/mol. The van der Waals surface area contributed by atoms with E-state index >= 15 is 0 Å². The topological polar surface area (TPSA) is 93.6 Å². The molecule has 3 N–H and O–H groups in total. The maximum Gasteiger partial charge on any atom is 0.237 e. The molecule has 6 nitrogen and oxygen atoms in total. The van der Waals surface area contributed by atoms with Gasteiger partial charge in [0.1, 0.15) is 11.4 Å². The molecule has 2 aromatic rings. The highest BCUT2D eigenvalue weighted by Crippen LogP contribution is 2.19. The molecule has 0 fully saturated rings. The summed E-state index contributed by atoms with van der Waals surface area (Å²) in [6.45, 7) is 2.07. The average Bonchev–Trinajstić information content (AvgIpc) is 2.47. The summed E-state index contributed by atoms with van der Waals surface area (Å²) in [5.74, 6) is 0.958. The molecule has 19 heavy (non-hydrogen) atoms. The van der Waals surface area contributed by atoms with E-state index in [1.165, 1.54) is 18.0 Å². The van der Waals surface area contributed by atoms with Crippen molar-refractivity contribution in [3.63, 3.8) is 0 Å². The molecule has 0 aliphatic rings. The lowest BCUT2D eigenvalue weighted by Gasteiger charge is -2.06. The Labute approximate surface area is 110 Å². The van der Waals surface area contributed by atoms with Crippen molar-refractivity contribution in [1.29, 1.82) is 0 Å². The number of nitrogens with zero attached hydrogens (tertiary/aromatic N) is 3. The Bertz CT molecular complexity index is 581. The van der Waals surface area contributed by atoms with Gasteiger partial charge in [0.05, 0.1) is 12.4 Å². The van der Waals surface area contributed by atoms with Gasteiger partial charge in [0.15, 0.2) is 5.84 Å². The maximum absolute atomic E-state index is 8.51. The second-order valence-corrected chi connectivity index (χ2v) is 3.83. The zero-order chi connectivity index (χ0) is 13.7. The molecule has 0 radical (unpaired) electrons. The fourth-order valence-corrected chi connectivity index (χ4v) is 1.50. The molecule has 0 bridgehead atoms. The fourth-order valence-electron chi connectivity index (χ4n) is 1.50. The SMILES string of the molecule is CCc1cccc(Oc2cnc(C(N)=NO)cn2)c1. The standard InChI is InChI=1S/C13H14N4O2/c1-2-9-4-3-5-10(6-9)19-12-8-15-11(7-16-12)13(14)17-18/h3-8,18H,2H2,1H3,(H2,14,17). The Hall–Kier alpha value is -2.63. The van der Waals surface area contributed by atoms with Crippen molar-refractivity contribution in [3.8, 4) is 11.6 Å². The zero-order valence-electron chi connectivity index (χ0n) is 10.4. The van der Waals surface area contributed by atoms with Crippen molar-refractivity contribution in [2.75, 3.05) is 0 Å². The van der Waals surface area contributed by atoms with Crippen LogP contribution in [0.25, 0.3) is 0 Å². The quantitative estimate of drug-likeness (QED) is 0.378. The molecule has 0 atom stereocenters. The van der Waals surface area contributed by atoms with Gasteiger partial charge in [0.25, 0.3) is 0 Å². The third-order valence-corrected chi connectivity index (χ3v) is 2.53. The summed E-state index contributed by atoms with van der Waals surface area (Å²) in [6, 6.07) is 7.74. The first-order valence-corrected chi connectivity index (χ1v) is 5.79. The number of benzene rings is 1. The van der Waals surface area contributed by atoms with Crippen LogP contribution in [-0.2, 0) is 6.42 Å². The molecule has 1 heterocycles. The van der Waals surface area contributed by atoms with Gasteiger partial charge in [0.2, 0.25) is 5.88 Å². The van der Waals surface area contributed by atoms with E-state index in [0.717, 1.165) is 6.42 Å². The Kier molecular flexibility index (Phi) is 3.92. The first kappa shape index (κ1) is 12.8. The van der Waals surface area contributed by atoms with Gasteiger partial charge in [-0.1, -0.05) is 24.2 Å². The van der Waals surface area contributed by atoms with Gasteiger partial charge in [-0.25, -0.2) is 9.97 Å². The minimum absolute atomic E-state index is 0.0907. The Morgan fingerprint density at radius 1 is 1.37 bits per heavy atom. The molecule has 0 aliphatic carbocycles. The van der Waals surface area contributed by atoms with E-state index in [-0.39, 0.29) is 11.5 Å².